The van der Waals surface area contributed by atoms with Gasteiger partial charge in [0.2, 0.25) is 0 Å². The van der Waals surface area contributed by atoms with Gasteiger partial charge in [0.05, 0.1) is 0 Å². The Morgan fingerprint density at radius 1 is 1.06 bits per heavy atom. The summed E-state index contributed by atoms with van der Waals surface area (Å²) in [5.41, 5.74) is 0.604. The van der Waals surface area contributed by atoms with Gasteiger partial charge in [-0.15, -0.1) is 0 Å². The normalized spacial score (nSPS) is 26.8. The van der Waals surface area contributed by atoms with Crippen LogP contribution in [0.2, 0.25) is 0 Å². The predicted octanol–water partition coefficient (Wildman–Crippen LogP) is 2.70. The first kappa shape index (κ1) is 14.0. The molecule has 2 rings (SSSR count). The maximum atomic E-state index is 2.67. The van der Waals surface area contributed by atoms with Crippen molar-refractivity contribution in [2.75, 3.05) is 39.8 Å². The van der Waals surface area contributed by atoms with E-state index in [1.807, 2.05) is 13.8 Å². The molecule has 2 aliphatic heterocycles. The van der Waals surface area contributed by atoms with E-state index < -0.39 is 0 Å². The molecule has 2 saturated heterocycles. The Morgan fingerprint density at radius 3 is 2.00 bits per heavy atom. The first-order valence-electron chi connectivity index (χ1n) is 6.96. The lowest BCUT2D eigenvalue weighted by molar-refractivity contribution is 0.0600. The summed E-state index contributed by atoms with van der Waals surface area (Å²) in [5.74, 6) is 0.959. The van der Waals surface area contributed by atoms with Crippen LogP contribution in [0.25, 0.3) is 0 Å². The number of likely N-dealkylation sites (tertiary alicyclic amines) is 2. The molecule has 2 heterocycles. The number of nitrogens with zero attached hydrogens (tertiary/aromatic N) is 2. The van der Waals surface area contributed by atoms with Crippen molar-refractivity contribution in [3.8, 4) is 0 Å². The van der Waals surface area contributed by atoms with Gasteiger partial charge in [0.25, 0.3) is 0 Å². The fourth-order valence-electron chi connectivity index (χ4n) is 2.65. The van der Waals surface area contributed by atoms with E-state index in [1.54, 1.807) is 0 Å². The zero-order valence-electron chi connectivity index (χ0n) is 11.9. The predicted molar refractivity (Wildman–Crippen MR) is 71.8 cm³/mol. The molecule has 2 aliphatic rings. The summed E-state index contributed by atoms with van der Waals surface area (Å²) in [6.45, 7) is 15.4. The Balaban J connectivity index is 0.000000606. The zero-order valence-corrected chi connectivity index (χ0v) is 11.9. The average Bonchev–Trinajstić information content (AvgIpc) is 2.22. The molecule has 0 aromatic heterocycles. The smallest absolute Gasteiger partial charge is 0.00342 e. The van der Waals surface area contributed by atoms with Crippen molar-refractivity contribution in [2.24, 2.45) is 11.3 Å². The van der Waals surface area contributed by atoms with E-state index in [0.29, 0.717) is 5.41 Å². The Morgan fingerprint density at radius 2 is 1.56 bits per heavy atom. The lowest BCUT2D eigenvalue weighted by Crippen LogP contribution is -2.51. The van der Waals surface area contributed by atoms with Crippen LogP contribution in [0.3, 0.4) is 0 Å². The molecule has 0 saturated carbocycles. The second-order valence-corrected chi connectivity index (χ2v) is 6.05. The maximum absolute atomic E-state index is 2.67. The monoisotopic (exact) mass is 226 g/mol. The molecule has 0 aromatic carbocycles. The average molecular weight is 226 g/mol. The van der Waals surface area contributed by atoms with Gasteiger partial charge in [-0.2, -0.15) is 0 Å². The molecule has 0 amide bonds. The summed E-state index contributed by atoms with van der Waals surface area (Å²) in [6.07, 6.45) is 2.77. The van der Waals surface area contributed by atoms with Crippen LogP contribution in [-0.2, 0) is 0 Å². The van der Waals surface area contributed by atoms with Crippen LogP contribution < -0.4 is 0 Å². The van der Waals surface area contributed by atoms with Crippen molar-refractivity contribution in [1.29, 1.82) is 0 Å². The first-order chi connectivity index (χ1) is 7.55. The van der Waals surface area contributed by atoms with Crippen molar-refractivity contribution in [3.05, 3.63) is 0 Å². The van der Waals surface area contributed by atoms with Crippen LogP contribution in [0.5, 0.6) is 0 Å². The minimum atomic E-state index is 0.604. The molecule has 0 unspecified atom stereocenters. The molecule has 16 heavy (non-hydrogen) atoms. The highest BCUT2D eigenvalue weighted by atomic mass is 15.2. The highest BCUT2D eigenvalue weighted by Crippen LogP contribution is 2.30. The molecule has 0 aliphatic carbocycles. The standard InChI is InChI=1S/C12H24N2.C2H6/c1-12(2)4-6-14(7-5-12)10-11-8-13(3)9-11;1-2/h11H,4-10H2,1-3H3;1-2H3. The number of piperidine rings is 1. The number of hydrogen-bond donors (Lipinski definition) is 0. The molecular weight excluding hydrogens is 196 g/mol. The van der Waals surface area contributed by atoms with Crippen LogP contribution in [0, 0.1) is 11.3 Å². The number of rotatable bonds is 2. The minimum Gasteiger partial charge on any atom is -0.306 e. The molecule has 2 nitrogen and oxygen atoms in total. The third kappa shape index (κ3) is 4.06. The second kappa shape index (κ2) is 6.02. The summed E-state index contributed by atoms with van der Waals surface area (Å²) in [6, 6.07) is 0. The summed E-state index contributed by atoms with van der Waals surface area (Å²) in [4.78, 5) is 5.08. The minimum absolute atomic E-state index is 0.604. The fraction of sp³-hybridized carbons (Fsp3) is 1.00. The van der Waals surface area contributed by atoms with Crippen LogP contribution in [0.4, 0.5) is 0 Å². The quantitative estimate of drug-likeness (QED) is 0.714. The van der Waals surface area contributed by atoms with Gasteiger partial charge in [-0.05, 0) is 44.3 Å². The highest BCUT2D eigenvalue weighted by molar-refractivity contribution is 4.84. The molecule has 0 atom stereocenters. The van der Waals surface area contributed by atoms with Gasteiger partial charge in [0.15, 0.2) is 0 Å². The van der Waals surface area contributed by atoms with Gasteiger partial charge in [-0.25, -0.2) is 0 Å². The van der Waals surface area contributed by atoms with Crippen molar-refractivity contribution >= 4 is 0 Å². The third-order valence-electron chi connectivity index (χ3n) is 3.87. The molecule has 0 bridgehead atoms. The van der Waals surface area contributed by atoms with E-state index in [9.17, 15) is 0 Å². The number of hydrogen-bond acceptors (Lipinski definition) is 2. The van der Waals surface area contributed by atoms with Gasteiger partial charge < -0.3 is 9.80 Å². The Bertz CT molecular complexity index is 185. The summed E-state index contributed by atoms with van der Waals surface area (Å²) in [7, 11) is 2.22. The van der Waals surface area contributed by atoms with E-state index in [-0.39, 0.29) is 0 Å². The lowest BCUT2D eigenvalue weighted by Gasteiger charge is -2.43. The van der Waals surface area contributed by atoms with Crippen molar-refractivity contribution in [2.45, 2.75) is 40.5 Å². The van der Waals surface area contributed by atoms with Gasteiger partial charge >= 0.3 is 0 Å². The van der Waals surface area contributed by atoms with Gasteiger partial charge in [-0.1, -0.05) is 27.7 Å². The van der Waals surface area contributed by atoms with Crippen molar-refractivity contribution < 1.29 is 0 Å². The zero-order chi connectivity index (χ0) is 12.2. The van der Waals surface area contributed by atoms with Crippen LogP contribution >= 0.6 is 0 Å². The molecule has 2 heteroatoms. The Labute approximate surface area is 102 Å². The topological polar surface area (TPSA) is 6.48 Å². The fourth-order valence-corrected chi connectivity index (χ4v) is 2.65. The molecule has 0 aromatic rings. The molecule has 0 spiro atoms. The largest absolute Gasteiger partial charge is 0.306 e. The van der Waals surface area contributed by atoms with Gasteiger partial charge in [0.1, 0.15) is 0 Å². The van der Waals surface area contributed by atoms with Gasteiger partial charge in [-0.3, -0.25) is 0 Å². The highest BCUT2D eigenvalue weighted by Gasteiger charge is 2.29. The SMILES string of the molecule is CC.CN1CC(CN2CCC(C)(C)CC2)C1. The lowest BCUT2D eigenvalue weighted by atomic mass is 9.82. The molecule has 2 fully saturated rings. The molecule has 96 valence electrons. The summed E-state index contributed by atoms with van der Waals surface area (Å²) in [5, 5.41) is 0. The van der Waals surface area contributed by atoms with Crippen molar-refractivity contribution in [1.82, 2.24) is 9.80 Å². The summed E-state index contributed by atoms with van der Waals surface area (Å²) >= 11 is 0. The van der Waals surface area contributed by atoms with Crippen molar-refractivity contribution in [3.63, 3.8) is 0 Å². The molecular formula is C14H30N2. The first-order valence-corrected chi connectivity index (χ1v) is 6.96. The Hall–Kier alpha value is -0.0800. The third-order valence-corrected chi connectivity index (χ3v) is 3.87. The molecule has 0 radical (unpaired) electrons. The maximum Gasteiger partial charge on any atom is 0.00342 e. The van der Waals surface area contributed by atoms with E-state index in [4.69, 9.17) is 0 Å². The molecule has 0 N–H and O–H groups in total. The van der Waals surface area contributed by atoms with E-state index >= 15 is 0 Å². The summed E-state index contributed by atoms with van der Waals surface area (Å²) < 4.78 is 0. The van der Waals surface area contributed by atoms with E-state index in [2.05, 4.69) is 30.7 Å². The Kier molecular flexibility index (Phi) is 5.26. The van der Waals surface area contributed by atoms with Crippen LogP contribution in [-0.4, -0.2) is 49.6 Å². The van der Waals surface area contributed by atoms with Gasteiger partial charge in [0, 0.05) is 19.6 Å². The van der Waals surface area contributed by atoms with Crippen LogP contribution in [0.1, 0.15) is 40.5 Å². The van der Waals surface area contributed by atoms with E-state index in [1.165, 1.54) is 45.6 Å². The van der Waals surface area contributed by atoms with E-state index in [0.717, 1.165) is 5.92 Å². The van der Waals surface area contributed by atoms with Crippen LogP contribution in [0.15, 0.2) is 0 Å². The second-order valence-electron chi connectivity index (χ2n) is 6.05.